The summed E-state index contributed by atoms with van der Waals surface area (Å²) in [7, 11) is 4.29. The van der Waals surface area contributed by atoms with E-state index in [1.54, 1.807) is 25.6 Å². The van der Waals surface area contributed by atoms with E-state index in [1.165, 1.54) is 208 Å². The standard InChI is InChI=1S/C22H26N2O.2C21H29N3.C20H26N2O.C18H22N2O.C17H20N2O/c1-13-5-3-4-6-19(13)24-14(2)20-21(25-12-23-20)22(24)17-8-15-7-16(10-17)11-18(22)9-15;2*1-13-10-9-11-15-17(13)24-14(2)16-18(23(8)12-22-16)21(24,7)20(5,6)19(15,3)4;1-12-9-8-10-14-16(12)22-13(2)15-17(23-11-21-15)20(22,7)19(5,6)18(14,3)4;1-13-8-4-5-9-15(13)20-14(2)16-17(21-12-19-16)18(20)10-6-3-7-11-18;1-12-7-3-4-8-14(12)19-13(2)15-16(20-11-18-15)17(19)9-5-6-10-17/h3-6,12,14-18H,7-11H2,1-2H3;2*9-12,14H,1-8H3;8-11,13H,1-7H3;4-5,8-9,12,14H,3,6-7,10-11H2,1-2H3;3-4,7-8,11,13H,5-6,9-10H2,1-2H3. The number of hydrogen-bond donors (Lipinski definition) is 0. The average Bonchev–Trinajstić information content (AvgIpc) is 1.52. The van der Waals surface area contributed by atoms with E-state index in [9.17, 15) is 0 Å². The van der Waals surface area contributed by atoms with Gasteiger partial charge >= 0.3 is 0 Å². The van der Waals surface area contributed by atoms with Crippen molar-refractivity contribution in [2.45, 2.75) is 363 Å². The molecule has 0 N–H and O–H groups in total. The highest BCUT2D eigenvalue weighted by molar-refractivity contribution is 5.76. The third-order valence-corrected chi connectivity index (χ3v) is 40.8. The number of aryl methyl sites for hydroxylation is 8. The topological polar surface area (TPSA) is 159 Å². The lowest BCUT2D eigenvalue weighted by atomic mass is 9.48. The summed E-state index contributed by atoms with van der Waals surface area (Å²) in [4.78, 5) is 43.6. The molecule has 12 aromatic rings. The molecule has 9 unspecified atom stereocenters. The lowest BCUT2D eigenvalue weighted by Crippen LogP contribution is -2.62. The Morgan fingerprint density at radius 3 is 0.942 bits per heavy atom. The Kier molecular flexibility index (Phi) is 21.5. The maximum Gasteiger partial charge on any atom is 0.181 e. The van der Waals surface area contributed by atoms with Crippen molar-refractivity contribution in [3.8, 4) is 0 Å². The molecule has 15 heterocycles. The molecule has 9 aliphatic heterocycles. The monoisotopic (exact) mass is 1840 g/mol. The maximum atomic E-state index is 6.16. The van der Waals surface area contributed by atoms with Gasteiger partial charge < -0.3 is 56.2 Å². The Bertz CT molecular complexity index is 6490. The first kappa shape index (κ1) is 92.7. The molecule has 137 heavy (non-hydrogen) atoms. The molecule has 9 atom stereocenters. The van der Waals surface area contributed by atoms with Crippen LogP contribution in [0.25, 0.3) is 0 Å². The van der Waals surface area contributed by atoms with Crippen LogP contribution in [0.3, 0.4) is 0 Å². The fourth-order valence-corrected chi connectivity index (χ4v) is 31.7. The van der Waals surface area contributed by atoms with Gasteiger partial charge in [-0.1, -0.05) is 224 Å². The number of hydrogen-bond acceptors (Lipinski definition) is 16. The summed E-state index contributed by atoms with van der Waals surface area (Å²) < 4.78 is 28.3. The van der Waals surface area contributed by atoms with Gasteiger partial charge in [-0.25, -0.2) is 29.9 Å². The highest BCUT2D eigenvalue weighted by Gasteiger charge is 2.72. The molecular weight excluding hydrogens is 1690 g/mol. The van der Waals surface area contributed by atoms with Gasteiger partial charge in [-0.15, -0.1) is 0 Å². The van der Waals surface area contributed by atoms with Crippen LogP contribution >= 0.6 is 0 Å². The molecule has 0 saturated heterocycles. The van der Waals surface area contributed by atoms with E-state index in [4.69, 9.17) is 27.6 Å². The Labute approximate surface area is 816 Å². The summed E-state index contributed by atoms with van der Waals surface area (Å²) in [6.45, 7) is 63.1. The van der Waals surface area contributed by atoms with Gasteiger partial charge in [-0.3, -0.25) is 0 Å². The fraction of sp³-hybridized carbons (Fsp3) is 0.546. The normalized spacial score (nSPS) is 29.7. The van der Waals surface area contributed by atoms with Gasteiger partial charge in [0.25, 0.3) is 0 Å². The molecule has 6 fully saturated rings. The van der Waals surface area contributed by atoms with Crippen molar-refractivity contribution in [3.05, 3.63) is 284 Å². The number of benzene rings is 6. The molecule has 18 nitrogen and oxygen atoms in total. The lowest BCUT2D eigenvalue weighted by Gasteiger charge is -2.63. The molecule has 18 heteroatoms. The van der Waals surface area contributed by atoms with Crippen molar-refractivity contribution in [1.82, 2.24) is 39.0 Å². The highest BCUT2D eigenvalue weighted by Crippen LogP contribution is 2.74. The average molecular weight is 1840 g/mol. The van der Waals surface area contributed by atoms with Gasteiger partial charge in [0.2, 0.25) is 0 Å². The third kappa shape index (κ3) is 12.1. The zero-order chi connectivity index (χ0) is 97.0. The van der Waals surface area contributed by atoms with Crippen LogP contribution in [0.4, 0.5) is 34.1 Å². The summed E-state index contributed by atoms with van der Waals surface area (Å²) in [6.07, 6.45) is 28.6. The first-order valence-electron chi connectivity index (χ1n) is 52.0. The number of imidazole rings is 2. The molecule has 0 radical (unpaired) electrons. The molecule has 6 saturated carbocycles. The van der Waals surface area contributed by atoms with Gasteiger partial charge in [-0.05, 0) is 270 Å². The number of nitrogens with zero attached hydrogens (tertiary/aromatic N) is 14. The minimum absolute atomic E-state index is 0.0141. The van der Waals surface area contributed by atoms with Crippen LogP contribution in [0.1, 0.15) is 390 Å². The number of fused-ring (bicyclic) bond motifs is 20. The zero-order valence-corrected chi connectivity index (χ0v) is 87.7. The highest BCUT2D eigenvalue weighted by atomic mass is 16.4. The lowest BCUT2D eigenvalue weighted by molar-refractivity contribution is -0.0685. The second-order valence-electron chi connectivity index (χ2n) is 47.9. The number of para-hydroxylation sites is 6. The largest absolute Gasteiger partial charge is 0.446 e. The van der Waals surface area contributed by atoms with Crippen molar-refractivity contribution in [1.29, 1.82) is 0 Å². The van der Waals surface area contributed by atoms with Gasteiger partial charge in [0.1, 0.15) is 44.9 Å². The van der Waals surface area contributed by atoms with Crippen LogP contribution < -0.4 is 29.4 Å². The number of aromatic nitrogens is 8. The fourth-order valence-electron chi connectivity index (χ4n) is 31.7. The number of oxazole rings is 4. The number of anilines is 6. The van der Waals surface area contributed by atoms with Crippen molar-refractivity contribution in [3.63, 3.8) is 0 Å². The molecule has 3 spiro atoms. The maximum absolute atomic E-state index is 6.16. The third-order valence-electron chi connectivity index (χ3n) is 40.8. The molecule has 4 bridgehead atoms. The van der Waals surface area contributed by atoms with E-state index >= 15 is 0 Å². The van der Waals surface area contributed by atoms with Crippen LogP contribution in [-0.4, -0.2) is 39.0 Å². The smallest absolute Gasteiger partial charge is 0.181 e. The van der Waals surface area contributed by atoms with Gasteiger partial charge in [0.05, 0.1) is 82.8 Å². The molecule has 6 aromatic heterocycles. The van der Waals surface area contributed by atoms with Crippen molar-refractivity contribution in [2.24, 2.45) is 54.0 Å². The van der Waals surface area contributed by atoms with Crippen LogP contribution in [0.2, 0.25) is 0 Å². The quantitative estimate of drug-likeness (QED) is 0.164. The molecular formula is C119H152N14O4. The van der Waals surface area contributed by atoms with Crippen molar-refractivity contribution >= 4 is 34.1 Å². The van der Waals surface area contributed by atoms with Crippen LogP contribution in [-0.2, 0) is 63.6 Å². The van der Waals surface area contributed by atoms with Crippen molar-refractivity contribution < 1.29 is 17.7 Å². The summed E-state index contributed by atoms with van der Waals surface area (Å²) in [5.41, 5.74) is 30.4. The van der Waals surface area contributed by atoms with Crippen LogP contribution in [0.15, 0.2) is 183 Å². The van der Waals surface area contributed by atoms with Crippen molar-refractivity contribution in [2.75, 3.05) is 29.4 Å². The van der Waals surface area contributed by atoms with Gasteiger partial charge in [-0.2, -0.15) is 0 Å². The van der Waals surface area contributed by atoms with Crippen LogP contribution in [0, 0.1) is 81.5 Å². The van der Waals surface area contributed by atoms with E-state index in [0.29, 0.717) is 24.2 Å². The van der Waals surface area contributed by atoms with E-state index in [-0.39, 0.29) is 77.8 Å². The number of rotatable bonds is 3. The summed E-state index contributed by atoms with van der Waals surface area (Å²) in [5.74, 6) is 7.83. The van der Waals surface area contributed by atoms with E-state index < -0.39 is 0 Å². The molecule has 6 aromatic carbocycles. The molecule has 722 valence electrons. The second-order valence-corrected chi connectivity index (χ2v) is 47.9. The molecule has 15 aliphatic rings. The summed E-state index contributed by atoms with van der Waals surface area (Å²) in [5, 5.41) is 0. The minimum Gasteiger partial charge on any atom is -0.446 e. The van der Waals surface area contributed by atoms with Crippen LogP contribution in [0.5, 0.6) is 0 Å². The summed E-state index contributed by atoms with van der Waals surface area (Å²) in [6, 6.07) is 48.2. The van der Waals surface area contributed by atoms with E-state index in [1.807, 2.05) is 12.7 Å². The first-order chi connectivity index (χ1) is 65.0. The SMILES string of the molecule is Cc1cccc2c1N1C(C)c3ncn(C)c3C1(C)C(C)(C)C2(C)C.Cc1cccc2c1N1C(C)c3ncn(C)c3C1(C)C(C)(C)C2(C)C.Cc1cccc2c1N1C(C)c3ncoc3C1(C)C(C)(C)C2(C)C.Cc1ccccc1N1C(C)c2ncoc2C12C1CC3CC(C1)CC2C3.Cc1ccccc1N1C(C)c2ncoc2C12CCCC2.Cc1ccccc1N1C(C)c2ncoc2C12CCCCC2. The first-order valence-corrected chi connectivity index (χ1v) is 52.0. The zero-order valence-electron chi connectivity index (χ0n) is 87.7. The molecule has 6 aliphatic carbocycles. The Balaban J connectivity index is 0.0000000983. The van der Waals surface area contributed by atoms with E-state index in [2.05, 4.69) is 387 Å². The second kappa shape index (κ2) is 31.7. The van der Waals surface area contributed by atoms with Gasteiger partial charge in [0, 0.05) is 64.5 Å². The van der Waals surface area contributed by atoms with Gasteiger partial charge in [0.15, 0.2) is 48.6 Å². The van der Waals surface area contributed by atoms with E-state index in [0.717, 1.165) is 58.0 Å². The predicted molar refractivity (Wildman–Crippen MR) is 551 cm³/mol. The Morgan fingerprint density at radius 2 is 0.569 bits per heavy atom. The minimum atomic E-state index is -0.207. The molecule has 27 rings (SSSR count). The molecule has 0 amide bonds. The Hall–Kier alpha value is -10.6. The summed E-state index contributed by atoms with van der Waals surface area (Å²) >= 11 is 0. The predicted octanol–water partition coefficient (Wildman–Crippen LogP) is 29.1. The Morgan fingerprint density at radius 1 is 0.285 bits per heavy atom.